The molecule has 0 aromatic rings. The lowest BCUT2D eigenvalue weighted by atomic mass is 10.2. The Balaban J connectivity index is 3.68. The summed E-state index contributed by atoms with van der Waals surface area (Å²) in [6, 6.07) is 0. The van der Waals surface area contributed by atoms with Crippen LogP contribution in [0.1, 0.15) is 20.3 Å². The molecule has 0 rings (SSSR count). The molecular formula is C8H16N2O3. The summed E-state index contributed by atoms with van der Waals surface area (Å²) in [5, 5.41) is 11.5. The molecule has 0 aliphatic rings. The minimum absolute atomic E-state index is 0.262. The van der Waals surface area contributed by atoms with Crippen molar-refractivity contribution in [3.05, 3.63) is 0 Å². The second-order valence-corrected chi connectivity index (χ2v) is 3.32. The van der Waals surface area contributed by atoms with Gasteiger partial charge in [0.05, 0.1) is 6.42 Å². The van der Waals surface area contributed by atoms with E-state index in [1.165, 1.54) is 0 Å². The zero-order valence-corrected chi connectivity index (χ0v) is 7.91. The van der Waals surface area contributed by atoms with Crippen molar-refractivity contribution >= 4 is 11.8 Å². The molecule has 0 unspecified atom stereocenters. The first-order chi connectivity index (χ1) is 5.93. The van der Waals surface area contributed by atoms with Crippen LogP contribution >= 0.6 is 0 Å². The Bertz CT molecular complexity index is 192. The van der Waals surface area contributed by atoms with Crippen molar-refractivity contribution in [3.63, 3.8) is 0 Å². The molecule has 5 nitrogen and oxygen atoms in total. The summed E-state index contributed by atoms with van der Waals surface area (Å²) in [5.41, 5.74) is 4.77. The van der Waals surface area contributed by atoms with Crippen LogP contribution in [0.4, 0.5) is 0 Å². The lowest BCUT2D eigenvalue weighted by Crippen LogP contribution is -2.36. The predicted octanol–water partition coefficient (Wildman–Crippen LogP) is -1.01. The monoisotopic (exact) mass is 188 g/mol. The van der Waals surface area contributed by atoms with Gasteiger partial charge in [0, 0.05) is 6.54 Å². The number of nitrogens with one attached hydrogen (secondary N) is 1. The number of hydrogen-bond acceptors (Lipinski definition) is 3. The summed E-state index contributed by atoms with van der Waals surface area (Å²) in [4.78, 5) is 21.3. The van der Waals surface area contributed by atoms with E-state index in [-0.39, 0.29) is 12.3 Å². The Morgan fingerprint density at radius 2 is 2.00 bits per heavy atom. The van der Waals surface area contributed by atoms with Crippen LogP contribution in [0.3, 0.4) is 0 Å². The van der Waals surface area contributed by atoms with Crippen LogP contribution in [0.25, 0.3) is 0 Å². The maximum Gasteiger partial charge on any atom is 0.246 e. The Morgan fingerprint density at radius 1 is 1.46 bits per heavy atom. The Labute approximate surface area is 77.3 Å². The maximum atomic E-state index is 11.0. The largest absolute Gasteiger partial charge is 0.383 e. The van der Waals surface area contributed by atoms with Gasteiger partial charge in [0.1, 0.15) is 6.10 Å². The third kappa shape index (κ3) is 6.10. The van der Waals surface area contributed by atoms with Crippen LogP contribution in [0.2, 0.25) is 0 Å². The molecule has 1 atom stereocenters. The molecule has 0 aliphatic carbocycles. The van der Waals surface area contributed by atoms with Crippen LogP contribution in [-0.4, -0.2) is 29.6 Å². The minimum atomic E-state index is -1.38. The van der Waals surface area contributed by atoms with Gasteiger partial charge in [0.2, 0.25) is 11.8 Å². The Morgan fingerprint density at radius 3 is 2.38 bits per heavy atom. The number of primary amides is 1. The molecule has 0 aromatic carbocycles. The second-order valence-electron chi connectivity index (χ2n) is 3.32. The third-order valence-electron chi connectivity index (χ3n) is 1.41. The van der Waals surface area contributed by atoms with Gasteiger partial charge >= 0.3 is 0 Å². The van der Waals surface area contributed by atoms with E-state index in [9.17, 15) is 9.59 Å². The van der Waals surface area contributed by atoms with Gasteiger partial charge in [-0.3, -0.25) is 9.59 Å². The normalized spacial score (nSPS) is 12.6. The third-order valence-corrected chi connectivity index (χ3v) is 1.41. The lowest BCUT2D eigenvalue weighted by molar-refractivity contribution is -0.132. The quantitative estimate of drug-likeness (QED) is 0.516. The molecule has 13 heavy (non-hydrogen) atoms. The molecule has 2 amide bonds. The number of hydrogen-bond donors (Lipinski definition) is 3. The average Bonchev–Trinajstić information content (AvgIpc) is 2.00. The highest BCUT2D eigenvalue weighted by Gasteiger charge is 2.15. The van der Waals surface area contributed by atoms with Crippen molar-refractivity contribution in [2.24, 2.45) is 11.7 Å². The van der Waals surface area contributed by atoms with Gasteiger partial charge in [-0.15, -0.1) is 0 Å². The lowest BCUT2D eigenvalue weighted by Gasteiger charge is -2.09. The highest BCUT2D eigenvalue weighted by atomic mass is 16.3. The fraction of sp³-hybridized carbons (Fsp3) is 0.750. The fourth-order valence-electron chi connectivity index (χ4n) is 0.666. The maximum absolute atomic E-state index is 11.0. The first-order valence-corrected chi connectivity index (χ1v) is 4.17. The van der Waals surface area contributed by atoms with E-state index in [2.05, 4.69) is 5.32 Å². The molecule has 0 fully saturated rings. The SMILES string of the molecule is CC(C)CNC(=O)C[C@H](O)C(N)=O. The number of nitrogens with two attached hydrogens (primary N) is 1. The van der Waals surface area contributed by atoms with Crippen LogP contribution in [-0.2, 0) is 9.59 Å². The zero-order valence-electron chi connectivity index (χ0n) is 7.91. The molecule has 76 valence electrons. The number of rotatable bonds is 5. The molecular weight excluding hydrogens is 172 g/mol. The summed E-state index contributed by atoms with van der Waals surface area (Å²) in [5.74, 6) is -0.894. The van der Waals surface area contributed by atoms with Crippen molar-refractivity contribution in [1.82, 2.24) is 5.32 Å². The molecule has 0 saturated carbocycles. The molecule has 0 heterocycles. The van der Waals surface area contributed by atoms with Crippen LogP contribution in [0, 0.1) is 5.92 Å². The van der Waals surface area contributed by atoms with E-state index in [4.69, 9.17) is 10.8 Å². The number of amides is 2. The molecule has 0 aliphatic heterocycles. The van der Waals surface area contributed by atoms with Crippen molar-refractivity contribution in [3.8, 4) is 0 Å². The first kappa shape index (κ1) is 11.9. The van der Waals surface area contributed by atoms with Gasteiger partial charge in [0.25, 0.3) is 0 Å². The minimum Gasteiger partial charge on any atom is -0.383 e. The van der Waals surface area contributed by atoms with E-state index in [0.717, 1.165) is 0 Å². The fourth-order valence-corrected chi connectivity index (χ4v) is 0.666. The average molecular weight is 188 g/mol. The number of carbonyl (C=O) groups excluding carboxylic acids is 2. The van der Waals surface area contributed by atoms with Crippen molar-refractivity contribution < 1.29 is 14.7 Å². The number of aliphatic hydroxyl groups is 1. The summed E-state index contributed by atoms with van der Waals surface area (Å²) < 4.78 is 0. The topological polar surface area (TPSA) is 92.4 Å². The summed E-state index contributed by atoms with van der Waals surface area (Å²) in [7, 11) is 0. The van der Waals surface area contributed by atoms with E-state index in [1.807, 2.05) is 13.8 Å². The van der Waals surface area contributed by atoms with Gasteiger partial charge in [-0.1, -0.05) is 13.8 Å². The Hall–Kier alpha value is -1.10. The molecule has 0 aromatic heterocycles. The first-order valence-electron chi connectivity index (χ1n) is 4.17. The van der Waals surface area contributed by atoms with Crippen LogP contribution < -0.4 is 11.1 Å². The predicted molar refractivity (Wildman–Crippen MR) is 47.7 cm³/mol. The molecule has 0 spiro atoms. The van der Waals surface area contributed by atoms with E-state index in [0.29, 0.717) is 12.5 Å². The molecule has 5 heteroatoms. The zero-order chi connectivity index (χ0) is 10.4. The van der Waals surface area contributed by atoms with Crippen LogP contribution in [0.15, 0.2) is 0 Å². The van der Waals surface area contributed by atoms with Crippen molar-refractivity contribution in [2.45, 2.75) is 26.4 Å². The molecule has 0 radical (unpaired) electrons. The molecule has 4 N–H and O–H groups in total. The van der Waals surface area contributed by atoms with E-state index < -0.39 is 12.0 Å². The van der Waals surface area contributed by atoms with E-state index >= 15 is 0 Å². The number of carbonyl (C=O) groups is 2. The van der Waals surface area contributed by atoms with Gasteiger partial charge in [-0.25, -0.2) is 0 Å². The highest BCUT2D eigenvalue weighted by Crippen LogP contribution is 1.92. The molecule has 0 saturated heterocycles. The van der Waals surface area contributed by atoms with Crippen molar-refractivity contribution in [1.29, 1.82) is 0 Å². The van der Waals surface area contributed by atoms with Gasteiger partial charge in [0.15, 0.2) is 0 Å². The summed E-state index contributed by atoms with van der Waals surface area (Å²) >= 11 is 0. The highest BCUT2D eigenvalue weighted by molar-refractivity contribution is 5.86. The second kappa shape index (κ2) is 5.53. The van der Waals surface area contributed by atoms with Crippen LogP contribution in [0.5, 0.6) is 0 Å². The number of aliphatic hydroxyl groups excluding tert-OH is 1. The van der Waals surface area contributed by atoms with Gasteiger partial charge in [-0.2, -0.15) is 0 Å². The van der Waals surface area contributed by atoms with E-state index in [1.54, 1.807) is 0 Å². The Kier molecular flexibility index (Phi) is 5.06. The standard InChI is InChI=1S/C8H16N2O3/c1-5(2)4-10-7(12)3-6(11)8(9)13/h5-6,11H,3-4H2,1-2H3,(H2,9,13)(H,10,12)/t6-/m0/s1. The van der Waals surface area contributed by atoms with Gasteiger partial charge in [-0.05, 0) is 5.92 Å². The smallest absolute Gasteiger partial charge is 0.246 e. The molecule has 0 bridgehead atoms. The summed E-state index contributed by atoms with van der Waals surface area (Å²) in [6.45, 7) is 4.43. The van der Waals surface area contributed by atoms with Crippen molar-refractivity contribution in [2.75, 3.05) is 6.54 Å². The summed E-state index contributed by atoms with van der Waals surface area (Å²) in [6.07, 6.45) is -1.64. The van der Waals surface area contributed by atoms with Gasteiger partial charge < -0.3 is 16.2 Å².